The number of aliphatic imine (C=N–C) groups is 1. The van der Waals surface area contributed by atoms with Gasteiger partial charge < -0.3 is 9.47 Å². The number of nitrogens with one attached hydrogen (secondary N) is 1. The predicted molar refractivity (Wildman–Crippen MR) is 133 cm³/mol. The molecule has 2 aliphatic heterocycles. The first-order chi connectivity index (χ1) is 16.0. The Kier molecular flexibility index (Phi) is 6.93. The minimum absolute atomic E-state index is 0.0424. The molecule has 7 nitrogen and oxygen atoms in total. The molecule has 2 aromatic rings. The van der Waals surface area contributed by atoms with Crippen molar-refractivity contribution in [1.29, 1.82) is 5.41 Å². The number of hydrogen-bond donors (Lipinski definition) is 1. The van der Waals surface area contributed by atoms with Crippen molar-refractivity contribution in [3.63, 3.8) is 0 Å². The number of hydrogen-bond acceptors (Lipinski definition) is 6. The van der Waals surface area contributed by atoms with Crippen LogP contribution in [0.15, 0.2) is 58.1 Å². The van der Waals surface area contributed by atoms with Crippen LogP contribution in [0.5, 0.6) is 11.5 Å². The molecule has 4 rings (SSSR count). The van der Waals surface area contributed by atoms with E-state index in [0.29, 0.717) is 24.1 Å². The van der Waals surface area contributed by atoms with Gasteiger partial charge in [0.1, 0.15) is 29.8 Å². The highest BCUT2D eigenvalue weighted by Crippen LogP contribution is 2.29. The van der Waals surface area contributed by atoms with Gasteiger partial charge in [0.2, 0.25) is 5.17 Å². The van der Waals surface area contributed by atoms with Crippen molar-refractivity contribution in [2.75, 3.05) is 13.2 Å². The molecule has 2 aromatic carbocycles. The van der Waals surface area contributed by atoms with Crippen molar-refractivity contribution in [1.82, 2.24) is 5.01 Å². The van der Waals surface area contributed by atoms with Crippen molar-refractivity contribution in [2.24, 2.45) is 10.1 Å². The fourth-order valence-electron chi connectivity index (χ4n) is 3.43. The fourth-order valence-corrected chi connectivity index (χ4v) is 4.26. The van der Waals surface area contributed by atoms with Gasteiger partial charge in [-0.05, 0) is 78.6 Å². The second-order valence-corrected chi connectivity index (χ2v) is 8.68. The highest BCUT2D eigenvalue weighted by atomic mass is 32.2. The Morgan fingerprint density at radius 2 is 1.76 bits per heavy atom. The van der Waals surface area contributed by atoms with Crippen LogP contribution in [-0.2, 0) is 11.2 Å². The maximum Gasteiger partial charge on any atom is 0.283 e. The summed E-state index contributed by atoms with van der Waals surface area (Å²) >= 11 is 1.33. The second-order valence-electron chi connectivity index (χ2n) is 7.64. The third-order valence-corrected chi connectivity index (χ3v) is 6.18. The van der Waals surface area contributed by atoms with Crippen molar-refractivity contribution in [2.45, 2.75) is 33.6 Å². The van der Waals surface area contributed by atoms with Gasteiger partial charge in [-0.1, -0.05) is 32.0 Å². The van der Waals surface area contributed by atoms with Crippen LogP contribution in [0.4, 0.5) is 0 Å². The quantitative estimate of drug-likeness (QED) is 0.438. The van der Waals surface area contributed by atoms with E-state index in [1.807, 2.05) is 37.3 Å². The molecule has 1 amide bonds. The van der Waals surface area contributed by atoms with Crippen LogP contribution in [0.3, 0.4) is 0 Å². The average Bonchev–Trinajstić information content (AvgIpc) is 3.23. The topological polar surface area (TPSA) is 87.3 Å². The number of rotatable bonds is 8. The molecule has 8 heteroatoms. The van der Waals surface area contributed by atoms with E-state index < -0.39 is 5.91 Å². The first-order valence-electron chi connectivity index (χ1n) is 10.9. The smallest absolute Gasteiger partial charge is 0.283 e. The number of carbonyl (C=O) groups is 1. The number of nitrogens with zero attached hydrogens (tertiary/aromatic N) is 3. The Bertz CT molecular complexity index is 1170. The number of aryl methyl sites for hydroxylation is 2. The summed E-state index contributed by atoms with van der Waals surface area (Å²) in [7, 11) is 0. The predicted octanol–water partition coefficient (Wildman–Crippen LogP) is 5.04. The number of hydrazone groups is 1. The molecule has 0 aliphatic carbocycles. The summed E-state index contributed by atoms with van der Waals surface area (Å²) < 4.78 is 11.6. The zero-order valence-electron chi connectivity index (χ0n) is 18.9. The zero-order chi connectivity index (χ0) is 23.4. The number of thioether (sulfide) groups is 1. The first kappa shape index (κ1) is 22.8. The van der Waals surface area contributed by atoms with Crippen molar-refractivity contribution in [3.05, 3.63) is 64.7 Å². The number of benzene rings is 2. The molecule has 170 valence electrons. The van der Waals surface area contributed by atoms with Gasteiger partial charge in [-0.15, -0.1) is 0 Å². The normalized spacial score (nSPS) is 16.6. The molecule has 0 atom stereocenters. The van der Waals surface area contributed by atoms with E-state index in [1.165, 1.54) is 27.9 Å². The summed E-state index contributed by atoms with van der Waals surface area (Å²) in [6.45, 7) is 7.03. The lowest BCUT2D eigenvalue weighted by atomic mass is 10.1. The maximum absolute atomic E-state index is 12.4. The summed E-state index contributed by atoms with van der Waals surface area (Å²) in [5.74, 6) is 1.18. The van der Waals surface area contributed by atoms with Gasteiger partial charge in [0.15, 0.2) is 5.84 Å². The van der Waals surface area contributed by atoms with Gasteiger partial charge in [0.25, 0.3) is 5.91 Å². The molecule has 0 fully saturated rings. The van der Waals surface area contributed by atoms with E-state index in [9.17, 15) is 4.79 Å². The molecular formula is C25H26N4O3S. The summed E-state index contributed by atoms with van der Waals surface area (Å²) in [4.78, 5) is 16.5. The van der Waals surface area contributed by atoms with Crippen LogP contribution < -0.4 is 9.47 Å². The van der Waals surface area contributed by atoms with Crippen LogP contribution in [0.25, 0.3) is 6.08 Å². The van der Waals surface area contributed by atoms with Crippen LogP contribution in [0, 0.1) is 12.3 Å². The largest absolute Gasteiger partial charge is 0.490 e. The van der Waals surface area contributed by atoms with Gasteiger partial charge >= 0.3 is 0 Å². The van der Waals surface area contributed by atoms with Gasteiger partial charge in [0.05, 0.1) is 5.57 Å². The minimum atomic E-state index is -0.425. The Labute approximate surface area is 197 Å². The number of amides is 1. The molecule has 2 aliphatic rings. The summed E-state index contributed by atoms with van der Waals surface area (Å²) in [5.41, 5.74) is 3.43. The molecule has 0 bridgehead atoms. The molecule has 33 heavy (non-hydrogen) atoms. The lowest BCUT2D eigenvalue weighted by Gasteiger charge is -2.20. The monoisotopic (exact) mass is 462 g/mol. The number of ether oxygens (including phenoxy) is 2. The van der Waals surface area contributed by atoms with E-state index in [1.54, 1.807) is 6.08 Å². The molecular weight excluding hydrogens is 436 g/mol. The lowest BCUT2D eigenvalue weighted by Crippen LogP contribution is -2.35. The van der Waals surface area contributed by atoms with Crippen molar-refractivity contribution >= 4 is 39.8 Å². The zero-order valence-corrected chi connectivity index (χ0v) is 19.7. The van der Waals surface area contributed by atoms with Gasteiger partial charge in [-0.2, -0.15) is 15.1 Å². The fraction of sp³-hybridized carbons (Fsp3) is 0.280. The van der Waals surface area contributed by atoms with E-state index in [-0.39, 0.29) is 11.4 Å². The Balaban J connectivity index is 1.34. The molecule has 1 N–H and O–H groups in total. The lowest BCUT2D eigenvalue weighted by molar-refractivity contribution is -0.114. The van der Waals surface area contributed by atoms with Crippen LogP contribution in [0.2, 0.25) is 0 Å². The summed E-state index contributed by atoms with van der Waals surface area (Å²) in [6.07, 6.45) is 3.36. The summed E-state index contributed by atoms with van der Waals surface area (Å²) in [5, 5.41) is 15.4. The Morgan fingerprint density at radius 1 is 1.03 bits per heavy atom. The highest BCUT2D eigenvalue weighted by Gasteiger charge is 2.34. The SMILES string of the molecule is CCC1=NN2C(=N)/C(=C\c3ccc(OCCOc4cc(C)cc(CC)c4)cc3)C(=O)N=C2S1. The molecule has 0 aromatic heterocycles. The molecule has 0 unspecified atom stereocenters. The van der Waals surface area contributed by atoms with Crippen LogP contribution >= 0.6 is 11.8 Å². The third kappa shape index (κ3) is 5.34. The summed E-state index contributed by atoms with van der Waals surface area (Å²) in [6, 6.07) is 13.6. The van der Waals surface area contributed by atoms with Gasteiger partial charge in [-0.25, -0.2) is 0 Å². The molecule has 2 heterocycles. The van der Waals surface area contributed by atoms with E-state index >= 15 is 0 Å². The first-order valence-corrected chi connectivity index (χ1v) is 11.7. The molecule has 0 radical (unpaired) electrons. The Morgan fingerprint density at radius 3 is 2.45 bits per heavy atom. The molecule has 0 saturated carbocycles. The molecule has 0 spiro atoms. The third-order valence-electron chi connectivity index (χ3n) is 5.13. The van der Waals surface area contributed by atoms with Crippen LogP contribution in [-0.4, -0.2) is 40.2 Å². The van der Waals surface area contributed by atoms with E-state index in [4.69, 9.17) is 14.9 Å². The number of carbonyl (C=O) groups excluding carboxylic acids is 1. The van der Waals surface area contributed by atoms with E-state index in [0.717, 1.165) is 29.2 Å². The second kappa shape index (κ2) is 10.0. The Hall–Kier alpha value is -3.39. The van der Waals surface area contributed by atoms with Gasteiger partial charge in [0, 0.05) is 0 Å². The molecule has 0 saturated heterocycles. The minimum Gasteiger partial charge on any atom is -0.490 e. The average molecular weight is 463 g/mol. The van der Waals surface area contributed by atoms with Crippen molar-refractivity contribution < 1.29 is 14.3 Å². The standard InChI is InChI=1S/C25H26N4O3S/c1-4-17-12-16(3)13-20(14-17)32-11-10-31-19-8-6-18(7-9-19)15-21-23(26)29-25(27-24(21)30)33-22(5-2)28-29/h6-9,12-15,26H,4-5,10-11H2,1-3H3/b21-15+,26-23?. The van der Waals surface area contributed by atoms with Gasteiger partial charge in [-0.3, -0.25) is 10.2 Å². The number of amidine groups is 2. The number of fused-ring (bicyclic) bond motifs is 1. The highest BCUT2D eigenvalue weighted by molar-refractivity contribution is 8.26. The van der Waals surface area contributed by atoms with Crippen molar-refractivity contribution in [3.8, 4) is 11.5 Å². The maximum atomic E-state index is 12.4. The van der Waals surface area contributed by atoms with Crippen LogP contribution in [0.1, 0.15) is 37.0 Å². The van der Waals surface area contributed by atoms with E-state index in [2.05, 4.69) is 36.1 Å².